The fourth-order valence-electron chi connectivity index (χ4n) is 3.57. The number of hydrogen-bond donors (Lipinski definition) is 1. The second-order valence-electron chi connectivity index (χ2n) is 6.72. The Balaban J connectivity index is 1.49. The Bertz CT molecular complexity index is 890. The minimum atomic E-state index is -0.0428. The van der Waals surface area contributed by atoms with Gasteiger partial charge in [-0.25, -0.2) is 4.79 Å². The van der Waals surface area contributed by atoms with Crippen molar-refractivity contribution in [3.8, 4) is 0 Å². The smallest absolute Gasteiger partial charge is 0.321 e. The molecule has 0 bridgehead atoms. The Morgan fingerprint density at radius 1 is 1.35 bits per heavy atom. The van der Waals surface area contributed by atoms with Crippen LogP contribution in [0.15, 0.2) is 30.6 Å². The molecular formula is C18H22N6OS. The van der Waals surface area contributed by atoms with Crippen molar-refractivity contribution in [3.05, 3.63) is 36.2 Å². The topological polar surface area (TPSA) is 75.9 Å². The van der Waals surface area contributed by atoms with Crippen LogP contribution in [0, 0.1) is 6.92 Å². The molecule has 1 aromatic carbocycles. The first-order chi connectivity index (χ1) is 12.7. The summed E-state index contributed by atoms with van der Waals surface area (Å²) in [6, 6.07) is 6.04. The molecule has 0 radical (unpaired) electrons. The number of amides is 2. The van der Waals surface area contributed by atoms with E-state index in [4.69, 9.17) is 0 Å². The van der Waals surface area contributed by atoms with Gasteiger partial charge in [0.15, 0.2) is 0 Å². The number of urea groups is 1. The molecule has 3 heterocycles. The van der Waals surface area contributed by atoms with Gasteiger partial charge in [0.2, 0.25) is 0 Å². The summed E-state index contributed by atoms with van der Waals surface area (Å²) in [4.78, 5) is 15.0. The Morgan fingerprint density at radius 3 is 3.12 bits per heavy atom. The molecule has 0 spiro atoms. The van der Waals surface area contributed by atoms with Gasteiger partial charge in [-0.3, -0.25) is 4.68 Å². The zero-order chi connectivity index (χ0) is 17.9. The van der Waals surface area contributed by atoms with Crippen molar-refractivity contribution in [2.24, 2.45) is 0 Å². The Hall–Kier alpha value is -2.48. The largest absolute Gasteiger partial charge is 0.322 e. The fourth-order valence-corrected chi connectivity index (χ4v) is 4.11. The monoisotopic (exact) mass is 370 g/mol. The lowest BCUT2D eigenvalue weighted by atomic mass is 10.00. The normalized spacial score (nSPS) is 17.6. The van der Waals surface area contributed by atoms with E-state index in [1.807, 2.05) is 40.9 Å². The van der Waals surface area contributed by atoms with Crippen molar-refractivity contribution in [2.45, 2.75) is 45.2 Å². The van der Waals surface area contributed by atoms with E-state index in [2.05, 4.69) is 19.2 Å². The van der Waals surface area contributed by atoms with E-state index in [9.17, 15) is 4.79 Å². The number of fused-ring (bicyclic) bond motifs is 1. The molecule has 2 amide bonds. The molecule has 1 unspecified atom stereocenters. The highest BCUT2D eigenvalue weighted by Gasteiger charge is 2.27. The first-order valence-electron chi connectivity index (χ1n) is 8.99. The molecule has 1 aliphatic rings. The van der Waals surface area contributed by atoms with Gasteiger partial charge in [-0.1, -0.05) is 6.07 Å². The van der Waals surface area contributed by atoms with Gasteiger partial charge in [0.05, 0.1) is 17.4 Å². The lowest BCUT2D eigenvalue weighted by Crippen LogP contribution is -2.46. The summed E-state index contributed by atoms with van der Waals surface area (Å²) in [6.07, 6.45) is 7.92. The fraction of sp³-hybridized carbons (Fsp3) is 0.444. The average molecular weight is 370 g/mol. The van der Waals surface area contributed by atoms with E-state index in [0.717, 1.165) is 61.1 Å². The number of rotatable bonds is 4. The summed E-state index contributed by atoms with van der Waals surface area (Å²) in [7, 11) is 0. The summed E-state index contributed by atoms with van der Waals surface area (Å²) < 4.78 is 10.5. The third-order valence-electron chi connectivity index (χ3n) is 5.01. The number of hydrogen-bond acceptors (Lipinski definition) is 5. The minimum Gasteiger partial charge on any atom is -0.321 e. The average Bonchev–Trinajstić information content (AvgIpc) is 3.34. The number of aromatic nitrogens is 4. The van der Waals surface area contributed by atoms with E-state index in [-0.39, 0.29) is 12.1 Å². The van der Waals surface area contributed by atoms with Crippen LogP contribution >= 0.6 is 11.7 Å². The summed E-state index contributed by atoms with van der Waals surface area (Å²) >= 11 is 1.17. The molecule has 1 atom stereocenters. The highest BCUT2D eigenvalue weighted by molar-refractivity contribution is 7.00. The van der Waals surface area contributed by atoms with E-state index in [0.29, 0.717) is 0 Å². The van der Waals surface area contributed by atoms with Gasteiger partial charge in [-0.05, 0) is 50.3 Å². The molecule has 1 aliphatic heterocycles. The van der Waals surface area contributed by atoms with Crippen LogP contribution < -0.4 is 5.32 Å². The van der Waals surface area contributed by atoms with Crippen LogP contribution in [0.3, 0.4) is 0 Å². The van der Waals surface area contributed by atoms with E-state index in [1.165, 1.54) is 11.7 Å². The summed E-state index contributed by atoms with van der Waals surface area (Å²) in [5.41, 5.74) is 3.37. The number of nitrogens with zero attached hydrogens (tertiary/aromatic N) is 5. The zero-order valence-corrected chi connectivity index (χ0v) is 15.6. The Labute approximate surface area is 156 Å². The molecule has 26 heavy (non-hydrogen) atoms. The third-order valence-corrected chi connectivity index (χ3v) is 5.55. The maximum Gasteiger partial charge on any atom is 0.322 e. The molecule has 8 heteroatoms. The molecule has 2 aromatic heterocycles. The number of carbonyl (C=O) groups is 1. The first kappa shape index (κ1) is 17.0. The number of aryl methyl sites for hydroxylation is 2. The van der Waals surface area contributed by atoms with Crippen LogP contribution in [0.1, 0.15) is 31.2 Å². The highest BCUT2D eigenvalue weighted by atomic mass is 32.1. The maximum absolute atomic E-state index is 13.0. The molecule has 3 aromatic rings. The van der Waals surface area contributed by atoms with E-state index in [1.54, 1.807) is 6.20 Å². The summed E-state index contributed by atoms with van der Waals surface area (Å²) in [5.74, 6) is 0. The predicted octanol–water partition coefficient (Wildman–Crippen LogP) is 3.67. The maximum atomic E-state index is 13.0. The van der Waals surface area contributed by atoms with E-state index >= 15 is 0 Å². The molecule has 136 valence electrons. The van der Waals surface area contributed by atoms with Crippen LogP contribution in [-0.2, 0) is 6.54 Å². The van der Waals surface area contributed by atoms with Crippen molar-refractivity contribution < 1.29 is 4.79 Å². The van der Waals surface area contributed by atoms with Gasteiger partial charge in [0.1, 0.15) is 11.0 Å². The summed E-state index contributed by atoms with van der Waals surface area (Å²) in [5, 5.41) is 7.36. The standard InChI is InChI=1S/C18H22N6OS/c1-13-6-7-15-17(22-26-21-15)16(13)20-18(25)24-11-3-2-5-14(24)8-12-23-10-4-9-19-23/h4,6-7,9-10,14H,2-3,5,8,11-12H2,1H3,(H,20,25). The van der Waals surface area contributed by atoms with Gasteiger partial charge in [0.25, 0.3) is 0 Å². The lowest BCUT2D eigenvalue weighted by molar-refractivity contribution is 0.154. The predicted molar refractivity (Wildman–Crippen MR) is 102 cm³/mol. The number of nitrogens with one attached hydrogen (secondary N) is 1. The van der Waals surface area contributed by atoms with Crippen LogP contribution in [0.4, 0.5) is 10.5 Å². The zero-order valence-electron chi connectivity index (χ0n) is 14.8. The van der Waals surface area contributed by atoms with Gasteiger partial charge in [0, 0.05) is 31.5 Å². The van der Waals surface area contributed by atoms with Crippen molar-refractivity contribution >= 4 is 34.5 Å². The van der Waals surface area contributed by atoms with Crippen LogP contribution in [0.5, 0.6) is 0 Å². The quantitative estimate of drug-likeness (QED) is 0.760. The second kappa shape index (κ2) is 7.41. The third kappa shape index (κ3) is 3.41. The van der Waals surface area contributed by atoms with Crippen molar-refractivity contribution in [1.29, 1.82) is 0 Å². The van der Waals surface area contributed by atoms with Crippen molar-refractivity contribution in [1.82, 2.24) is 23.4 Å². The van der Waals surface area contributed by atoms with Gasteiger partial charge < -0.3 is 10.2 Å². The highest BCUT2D eigenvalue weighted by Crippen LogP contribution is 2.27. The molecule has 7 nitrogen and oxygen atoms in total. The van der Waals surface area contributed by atoms with Crippen LogP contribution in [-0.4, -0.2) is 42.0 Å². The lowest BCUT2D eigenvalue weighted by Gasteiger charge is -2.36. The number of anilines is 1. The number of carbonyl (C=O) groups excluding carboxylic acids is 1. The van der Waals surface area contributed by atoms with Crippen LogP contribution in [0.25, 0.3) is 11.0 Å². The number of likely N-dealkylation sites (tertiary alicyclic amines) is 1. The van der Waals surface area contributed by atoms with Crippen molar-refractivity contribution in [3.63, 3.8) is 0 Å². The van der Waals surface area contributed by atoms with E-state index < -0.39 is 0 Å². The first-order valence-corrected chi connectivity index (χ1v) is 9.72. The van der Waals surface area contributed by atoms with Crippen LogP contribution in [0.2, 0.25) is 0 Å². The van der Waals surface area contributed by atoms with Gasteiger partial charge in [-0.2, -0.15) is 13.8 Å². The van der Waals surface area contributed by atoms with Crippen molar-refractivity contribution in [2.75, 3.05) is 11.9 Å². The molecule has 4 rings (SSSR count). The second-order valence-corrected chi connectivity index (χ2v) is 7.25. The number of benzene rings is 1. The summed E-state index contributed by atoms with van der Waals surface area (Å²) in [6.45, 7) is 3.60. The molecule has 1 N–H and O–H groups in total. The minimum absolute atomic E-state index is 0.0428. The Morgan fingerprint density at radius 2 is 2.27 bits per heavy atom. The molecule has 0 saturated carbocycles. The molecular weight excluding hydrogens is 348 g/mol. The number of piperidine rings is 1. The van der Waals surface area contributed by atoms with Gasteiger partial charge >= 0.3 is 6.03 Å². The van der Waals surface area contributed by atoms with Gasteiger partial charge in [-0.15, -0.1) is 0 Å². The molecule has 0 aliphatic carbocycles. The molecule has 1 fully saturated rings. The SMILES string of the molecule is Cc1ccc2nsnc2c1NC(=O)N1CCCCC1CCn1cccn1. The Kier molecular flexibility index (Phi) is 4.83. The molecule has 1 saturated heterocycles.